The first-order valence-electron chi connectivity index (χ1n) is 4.90. The number of amides is 2. The number of likely N-dealkylation sites (N-methyl/N-ethyl adjacent to an activating group) is 1. The second-order valence-electron chi connectivity index (χ2n) is 3.68. The average molecular weight is 216 g/mol. The van der Waals surface area contributed by atoms with Crippen molar-refractivity contribution in [3.63, 3.8) is 0 Å². The topological polar surface area (TPSA) is 81.1 Å². The molecule has 1 aliphatic rings. The summed E-state index contributed by atoms with van der Waals surface area (Å²) in [5, 5.41) is 17.3. The van der Waals surface area contributed by atoms with Crippen molar-refractivity contribution >= 4 is 12.0 Å². The summed E-state index contributed by atoms with van der Waals surface area (Å²) < 4.78 is 0. The molecule has 1 fully saturated rings. The van der Waals surface area contributed by atoms with Crippen molar-refractivity contribution in [3.8, 4) is 0 Å². The molecular weight excluding hydrogens is 200 g/mol. The zero-order chi connectivity index (χ0) is 11.4. The van der Waals surface area contributed by atoms with Gasteiger partial charge in [0.15, 0.2) is 0 Å². The van der Waals surface area contributed by atoms with Gasteiger partial charge in [-0.1, -0.05) is 0 Å². The SMILES string of the molecule is CN(CC(=O)O)C(=O)N(CCO)C1CC1. The first-order valence-corrected chi connectivity index (χ1v) is 4.90. The Bertz CT molecular complexity index is 252. The monoisotopic (exact) mass is 216 g/mol. The summed E-state index contributed by atoms with van der Waals surface area (Å²) in [5.41, 5.74) is 0. The molecule has 0 saturated heterocycles. The van der Waals surface area contributed by atoms with Crippen LogP contribution < -0.4 is 0 Å². The van der Waals surface area contributed by atoms with Crippen molar-refractivity contribution in [2.24, 2.45) is 0 Å². The number of carbonyl (C=O) groups is 2. The van der Waals surface area contributed by atoms with Gasteiger partial charge in [-0.25, -0.2) is 4.79 Å². The van der Waals surface area contributed by atoms with E-state index in [1.807, 2.05) is 0 Å². The lowest BCUT2D eigenvalue weighted by Gasteiger charge is -2.26. The molecule has 0 atom stereocenters. The van der Waals surface area contributed by atoms with Gasteiger partial charge in [0, 0.05) is 19.6 Å². The lowest BCUT2D eigenvalue weighted by atomic mass is 10.4. The molecule has 1 saturated carbocycles. The Morgan fingerprint density at radius 2 is 2.00 bits per heavy atom. The van der Waals surface area contributed by atoms with Crippen molar-refractivity contribution in [2.75, 3.05) is 26.7 Å². The molecule has 0 aromatic carbocycles. The van der Waals surface area contributed by atoms with E-state index >= 15 is 0 Å². The minimum absolute atomic E-state index is 0.0941. The molecule has 2 N–H and O–H groups in total. The molecule has 1 rings (SSSR count). The van der Waals surface area contributed by atoms with Gasteiger partial charge in [0.05, 0.1) is 6.61 Å². The number of nitrogens with zero attached hydrogens (tertiary/aromatic N) is 2. The molecule has 0 unspecified atom stereocenters. The summed E-state index contributed by atoms with van der Waals surface area (Å²) in [6, 6.07) is -0.144. The number of urea groups is 1. The average Bonchev–Trinajstić information content (AvgIpc) is 2.95. The van der Waals surface area contributed by atoms with Crippen LogP contribution in [0.2, 0.25) is 0 Å². The Balaban J connectivity index is 2.50. The number of carbonyl (C=O) groups excluding carboxylic acids is 1. The van der Waals surface area contributed by atoms with E-state index in [4.69, 9.17) is 10.2 Å². The van der Waals surface area contributed by atoms with Crippen LogP contribution in [0.4, 0.5) is 4.79 Å². The second kappa shape index (κ2) is 4.97. The Kier molecular flexibility index (Phi) is 3.90. The third-order valence-corrected chi connectivity index (χ3v) is 2.27. The molecule has 2 amide bonds. The second-order valence-corrected chi connectivity index (χ2v) is 3.68. The fourth-order valence-corrected chi connectivity index (χ4v) is 1.42. The summed E-state index contributed by atoms with van der Waals surface area (Å²) in [4.78, 5) is 24.8. The van der Waals surface area contributed by atoms with E-state index < -0.39 is 5.97 Å². The van der Waals surface area contributed by atoms with Crippen LogP contribution >= 0.6 is 0 Å². The largest absolute Gasteiger partial charge is 0.480 e. The highest BCUT2D eigenvalue weighted by Gasteiger charge is 2.33. The zero-order valence-electron chi connectivity index (χ0n) is 8.72. The maximum atomic E-state index is 11.7. The first-order chi connectivity index (χ1) is 7.06. The molecule has 0 aliphatic heterocycles. The quantitative estimate of drug-likeness (QED) is 0.654. The molecule has 1 aliphatic carbocycles. The normalized spacial score (nSPS) is 14.8. The summed E-state index contributed by atoms with van der Waals surface area (Å²) >= 11 is 0. The van der Waals surface area contributed by atoms with E-state index in [0.717, 1.165) is 17.7 Å². The van der Waals surface area contributed by atoms with Gasteiger partial charge in [-0.05, 0) is 12.8 Å². The van der Waals surface area contributed by atoms with Gasteiger partial charge in [0.2, 0.25) is 0 Å². The number of aliphatic carboxylic acids is 1. The van der Waals surface area contributed by atoms with Gasteiger partial charge >= 0.3 is 12.0 Å². The Hall–Kier alpha value is -1.30. The molecule has 0 bridgehead atoms. The van der Waals surface area contributed by atoms with E-state index in [1.54, 1.807) is 0 Å². The van der Waals surface area contributed by atoms with E-state index in [2.05, 4.69) is 0 Å². The van der Waals surface area contributed by atoms with Crippen molar-refractivity contribution in [1.29, 1.82) is 0 Å². The highest BCUT2D eigenvalue weighted by molar-refractivity contribution is 5.80. The van der Waals surface area contributed by atoms with Gasteiger partial charge in [-0.3, -0.25) is 4.79 Å². The smallest absolute Gasteiger partial charge is 0.323 e. The first kappa shape index (κ1) is 11.8. The minimum atomic E-state index is -1.04. The molecular formula is C9H16N2O4. The maximum Gasteiger partial charge on any atom is 0.323 e. The Morgan fingerprint density at radius 3 is 2.40 bits per heavy atom. The molecule has 0 aromatic heterocycles. The maximum absolute atomic E-state index is 11.7. The predicted octanol–water partition coefficient (Wildman–Crippen LogP) is -0.421. The van der Waals surface area contributed by atoms with Crippen LogP contribution in [0.3, 0.4) is 0 Å². The highest BCUT2D eigenvalue weighted by atomic mass is 16.4. The molecule has 86 valence electrons. The third-order valence-electron chi connectivity index (χ3n) is 2.27. The highest BCUT2D eigenvalue weighted by Crippen LogP contribution is 2.27. The molecule has 15 heavy (non-hydrogen) atoms. The summed E-state index contributed by atoms with van der Waals surface area (Å²) in [6.07, 6.45) is 1.87. The van der Waals surface area contributed by atoms with Crippen molar-refractivity contribution < 1.29 is 19.8 Å². The zero-order valence-corrected chi connectivity index (χ0v) is 8.72. The number of aliphatic hydroxyl groups is 1. The standard InChI is InChI=1S/C9H16N2O4/c1-10(6-8(13)14)9(15)11(4-5-12)7-2-3-7/h7,12H,2-6H2,1H3,(H,13,14). The lowest BCUT2D eigenvalue weighted by Crippen LogP contribution is -2.45. The van der Waals surface area contributed by atoms with Crippen LogP contribution in [0.15, 0.2) is 0 Å². The molecule has 0 heterocycles. The molecule has 0 radical (unpaired) electrons. The fraction of sp³-hybridized carbons (Fsp3) is 0.778. The summed E-state index contributed by atoms with van der Waals surface area (Å²) in [5.74, 6) is -1.04. The minimum Gasteiger partial charge on any atom is -0.480 e. The van der Waals surface area contributed by atoms with Crippen LogP contribution in [0.1, 0.15) is 12.8 Å². The van der Waals surface area contributed by atoms with E-state index in [9.17, 15) is 9.59 Å². The number of hydrogen-bond donors (Lipinski definition) is 2. The van der Waals surface area contributed by atoms with Gasteiger partial charge < -0.3 is 20.0 Å². The van der Waals surface area contributed by atoms with Gasteiger partial charge in [-0.15, -0.1) is 0 Å². The van der Waals surface area contributed by atoms with Crippen LogP contribution in [-0.4, -0.2) is 64.8 Å². The number of hydrogen-bond acceptors (Lipinski definition) is 3. The van der Waals surface area contributed by atoms with Crippen LogP contribution in [-0.2, 0) is 4.79 Å². The van der Waals surface area contributed by atoms with Crippen LogP contribution in [0.25, 0.3) is 0 Å². The summed E-state index contributed by atoms with van der Waals surface area (Å²) in [7, 11) is 1.45. The molecule has 6 nitrogen and oxygen atoms in total. The Labute approximate surface area is 88.1 Å². The number of carboxylic acid groups (broad SMARTS) is 1. The molecule has 0 aromatic rings. The van der Waals surface area contributed by atoms with Crippen molar-refractivity contribution in [1.82, 2.24) is 9.80 Å². The van der Waals surface area contributed by atoms with Gasteiger partial charge in [-0.2, -0.15) is 0 Å². The molecule has 6 heteroatoms. The summed E-state index contributed by atoms with van der Waals surface area (Å²) in [6.45, 7) is -0.135. The molecule has 0 spiro atoms. The fourth-order valence-electron chi connectivity index (χ4n) is 1.42. The van der Waals surface area contributed by atoms with Crippen LogP contribution in [0.5, 0.6) is 0 Å². The third kappa shape index (κ3) is 3.39. The van der Waals surface area contributed by atoms with E-state index in [1.165, 1.54) is 11.9 Å². The number of carboxylic acids is 1. The van der Waals surface area contributed by atoms with Gasteiger partial charge in [0.1, 0.15) is 6.54 Å². The number of aliphatic hydroxyl groups excluding tert-OH is 1. The Morgan fingerprint density at radius 1 is 1.40 bits per heavy atom. The van der Waals surface area contributed by atoms with Crippen molar-refractivity contribution in [2.45, 2.75) is 18.9 Å². The van der Waals surface area contributed by atoms with E-state index in [-0.39, 0.29) is 31.8 Å². The number of rotatable bonds is 5. The van der Waals surface area contributed by atoms with Crippen molar-refractivity contribution in [3.05, 3.63) is 0 Å². The van der Waals surface area contributed by atoms with Gasteiger partial charge in [0.25, 0.3) is 0 Å². The van der Waals surface area contributed by atoms with E-state index in [0.29, 0.717) is 0 Å². The predicted molar refractivity (Wildman–Crippen MR) is 52.5 cm³/mol. The lowest BCUT2D eigenvalue weighted by molar-refractivity contribution is -0.137. The van der Waals surface area contributed by atoms with Crippen LogP contribution in [0, 0.1) is 0 Å².